The Morgan fingerprint density at radius 1 is 1.04 bits per heavy atom. The summed E-state index contributed by atoms with van der Waals surface area (Å²) in [7, 11) is 1.61. The third-order valence-corrected chi connectivity index (χ3v) is 5.01. The Bertz CT molecular complexity index is 770. The predicted octanol–water partition coefficient (Wildman–Crippen LogP) is 3.37. The van der Waals surface area contributed by atoms with Crippen LogP contribution in [0.2, 0.25) is 0 Å². The van der Waals surface area contributed by atoms with Gasteiger partial charge in [-0.1, -0.05) is 31.2 Å². The molecule has 0 radical (unpaired) electrons. The molecule has 1 unspecified atom stereocenters. The molecule has 27 heavy (non-hydrogen) atoms. The van der Waals surface area contributed by atoms with Crippen molar-refractivity contribution in [2.75, 3.05) is 38.2 Å². The Kier molecular flexibility index (Phi) is 6.22. The van der Waals surface area contributed by atoms with Crippen molar-refractivity contribution in [1.82, 2.24) is 4.90 Å². The van der Waals surface area contributed by atoms with E-state index in [1.807, 2.05) is 23.1 Å². The molecule has 0 aliphatic carbocycles. The van der Waals surface area contributed by atoms with Crippen LogP contribution in [0.1, 0.15) is 19.4 Å². The molecule has 3 rings (SSSR count). The molecule has 1 aliphatic heterocycles. The van der Waals surface area contributed by atoms with E-state index in [2.05, 4.69) is 36.1 Å². The summed E-state index contributed by atoms with van der Waals surface area (Å²) in [4.78, 5) is 17.0. The molecule has 1 saturated heterocycles. The van der Waals surface area contributed by atoms with Crippen molar-refractivity contribution in [2.24, 2.45) is 0 Å². The van der Waals surface area contributed by atoms with Crippen molar-refractivity contribution < 1.29 is 14.3 Å². The van der Waals surface area contributed by atoms with Gasteiger partial charge in [-0.05, 0) is 37.1 Å². The molecule has 0 spiro atoms. The zero-order valence-corrected chi connectivity index (χ0v) is 16.4. The molecule has 0 N–H and O–H groups in total. The average molecular weight is 368 g/mol. The highest BCUT2D eigenvalue weighted by Gasteiger charge is 2.26. The van der Waals surface area contributed by atoms with E-state index in [1.54, 1.807) is 20.1 Å². The molecule has 0 saturated carbocycles. The first kappa shape index (κ1) is 19.1. The number of carbonyl (C=O) groups is 1. The van der Waals surface area contributed by atoms with Gasteiger partial charge in [-0.25, -0.2) is 0 Å². The molecule has 1 fully saturated rings. The van der Waals surface area contributed by atoms with Crippen molar-refractivity contribution in [2.45, 2.75) is 26.4 Å². The highest BCUT2D eigenvalue weighted by atomic mass is 16.5. The molecule has 144 valence electrons. The first-order valence-corrected chi connectivity index (χ1v) is 9.54. The lowest BCUT2D eigenvalue weighted by Crippen LogP contribution is -2.52. The van der Waals surface area contributed by atoms with Crippen LogP contribution < -0.4 is 14.4 Å². The van der Waals surface area contributed by atoms with E-state index in [9.17, 15) is 4.79 Å². The summed E-state index contributed by atoms with van der Waals surface area (Å²) in [5, 5.41) is 0. The van der Waals surface area contributed by atoms with E-state index in [4.69, 9.17) is 9.47 Å². The molecule has 5 nitrogen and oxygen atoms in total. The highest BCUT2D eigenvalue weighted by molar-refractivity contribution is 5.81. The molecular formula is C22H28N2O3. The van der Waals surface area contributed by atoms with Crippen LogP contribution in [0.4, 0.5) is 5.69 Å². The SMILES string of the molecule is CCc1ccccc1N1CCN(C(=O)C(C)Oc2cccc(OC)c2)CC1. The molecule has 2 aromatic rings. The molecule has 1 heterocycles. The summed E-state index contributed by atoms with van der Waals surface area (Å²) in [6.07, 6.45) is 0.493. The fraction of sp³-hybridized carbons (Fsp3) is 0.409. The molecule has 1 atom stereocenters. The van der Waals surface area contributed by atoms with Gasteiger partial charge in [0.25, 0.3) is 5.91 Å². The van der Waals surface area contributed by atoms with Gasteiger partial charge in [0.2, 0.25) is 0 Å². The molecule has 1 amide bonds. The van der Waals surface area contributed by atoms with Gasteiger partial charge in [0.15, 0.2) is 6.10 Å². The summed E-state index contributed by atoms with van der Waals surface area (Å²) in [5.41, 5.74) is 2.64. The van der Waals surface area contributed by atoms with Crippen LogP contribution in [0, 0.1) is 0 Å². The molecule has 1 aliphatic rings. The largest absolute Gasteiger partial charge is 0.497 e. The second-order valence-electron chi connectivity index (χ2n) is 6.73. The number of nitrogens with zero attached hydrogens (tertiary/aromatic N) is 2. The van der Waals surface area contributed by atoms with Crippen molar-refractivity contribution in [3.05, 3.63) is 54.1 Å². The van der Waals surface area contributed by atoms with Gasteiger partial charge >= 0.3 is 0 Å². The molecular weight excluding hydrogens is 340 g/mol. The van der Waals surface area contributed by atoms with Crippen molar-refractivity contribution >= 4 is 11.6 Å². The lowest BCUT2D eigenvalue weighted by Gasteiger charge is -2.37. The van der Waals surface area contributed by atoms with Crippen LogP contribution >= 0.6 is 0 Å². The van der Waals surface area contributed by atoms with Crippen molar-refractivity contribution in [3.8, 4) is 11.5 Å². The first-order chi connectivity index (χ1) is 13.1. The van der Waals surface area contributed by atoms with E-state index in [0.29, 0.717) is 18.8 Å². The Hall–Kier alpha value is -2.69. The average Bonchev–Trinajstić information content (AvgIpc) is 2.73. The quantitative estimate of drug-likeness (QED) is 0.784. The molecule has 0 aromatic heterocycles. The minimum absolute atomic E-state index is 0.0289. The van der Waals surface area contributed by atoms with Gasteiger partial charge < -0.3 is 19.3 Å². The number of amides is 1. The number of hydrogen-bond acceptors (Lipinski definition) is 4. The van der Waals surface area contributed by atoms with E-state index in [-0.39, 0.29) is 5.91 Å². The van der Waals surface area contributed by atoms with Crippen LogP contribution in [0.3, 0.4) is 0 Å². The summed E-state index contributed by atoms with van der Waals surface area (Å²) in [6.45, 7) is 7.09. The van der Waals surface area contributed by atoms with E-state index in [1.165, 1.54) is 11.3 Å². The fourth-order valence-corrected chi connectivity index (χ4v) is 3.47. The van der Waals surface area contributed by atoms with E-state index >= 15 is 0 Å². The van der Waals surface area contributed by atoms with Gasteiger partial charge in [-0.2, -0.15) is 0 Å². The maximum Gasteiger partial charge on any atom is 0.263 e. The Morgan fingerprint density at radius 2 is 1.74 bits per heavy atom. The minimum Gasteiger partial charge on any atom is -0.497 e. The number of para-hydroxylation sites is 1. The predicted molar refractivity (Wildman–Crippen MR) is 108 cm³/mol. The zero-order chi connectivity index (χ0) is 19.2. The number of ether oxygens (including phenoxy) is 2. The molecule has 2 aromatic carbocycles. The summed E-state index contributed by atoms with van der Waals surface area (Å²) in [5.74, 6) is 1.39. The third kappa shape index (κ3) is 4.54. The second-order valence-corrected chi connectivity index (χ2v) is 6.73. The number of rotatable bonds is 6. The van der Waals surface area contributed by atoms with Gasteiger partial charge in [0.1, 0.15) is 11.5 Å². The second kappa shape index (κ2) is 8.80. The minimum atomic E-state index is -0.522. The normalized spacial score (nSPS) is 15.4. The van der Waals surface area contributed by atoms with Gasteiger partial charge in [0, 0.05) is 37.9 Å². The summed E-state index contributed by atoms with van der Waals surface area (Å²) in [6, 6.07) is 15.9. The number of hydrogen-bond donors (Lipinski definition) is 0. The highest BCUT2D eigenvalue weighted by Crippen LogP contribution is 2.23. The molecule has 5 heteroatoms. The zero-order valence-electron chi connectivity index (χ0n) is 16.4. The maximum atomic E-state index is 12.8. The third-order valence-electron chi connectivity index (χ3n) is 5.01. The number of methoxy groups -OCH3 is 1. The Morgan fingerprint density at radius 3 is 2.44 bits per heavy atom. The van der Waals surface area contributed by atoms with Crippen molar-refractivity contribution in [3.63, 3.8) is 0 Å². The fourth-order valence-electron chi connectivity index (χ4n) is 3.47. The van der Waals surface area contributed by atoms with Crippen molar-refractivity contribution in [1.29, 1.82) is 0 Å². The van der Waals surface area contributed by atoms with Gasteiger partial charge in [-0.3, -0.25) is 4.79 Å². The van der Waals surface area contributed by atoms with Crippen LogP contribution in [0.25, 0.3) is 0 Å². The number of benzene rings is 2. The van der Waals surface area contributed by atoms with Gasteiger partial charge in [0.05, 0.1) is 7.11 Å². The number of aryl methyl sites for hydroxylation is 1. The van der Waals surface area contributed by atoms with Crippen LogP contribution in [0.15, 0.2) is 48.5 Å². The lowest BCUT2D eigenvalue weighted by atomic mass is 10.1. The van der Waals surface area contributed by atoms with Crippen LogP contribution in [-0.4, -0.2) is 50.2 Å². The maximum absolute atomic E-state index is 12.8. The monoisotopic (exact) mass is 368 g/mol. The van der Waals surface area contributed by atoms with Gasteiger partial charge in [-0.15, -0.1) is 0 Å². The molecule has 0 bridgehead atoms. The number of piperazine rings is 1. The summed E-state index contributed by atoms with van der Waals surface area (Å²) < 4.78 is 11.0. The van der Waals surface area contributed by atoms with Crippen LogP contribution in [-0.2, 0) is 11.2 Å². The number of anilines is 1. The lowest BCUT2D eigenvalue weighted by molar-refractivity contribution is -0.138. The van der Waals surface area contributed by atoms with Crippen LogP contribution in [0.5, 0.6) is 11.5 Å². The first-order valence-electron chi connectivity index (χ1n) is 9.54. The smallest absolute Gasteiger partial charge is 0.263 e. The topological polar surface area (TPSA) is 42.0 Å². The van der Waals surface area contributed by atoms with E-state index < -0.39 is 6.10 Å². The standard InChI is InChI=1S/C22H28N2O3/c1-4-18-8-5-6-11-21(18)23-12-14-24(15-13-23)22(25)17(2)27-20-10-7-9-19(16-20)26-3/h5-11,16-17H,4,12-15H2,1-3H3. The Balaban J connectivity index is 1.57. The summed E-state index contributed by atoms with van der Waals surface area (Å²) >= 11 is 0. The van der Waals surface area contributed by atoms with E-state index in [0.717, 1.165) is 25.3 Å². The Labute approximate surface area is 161 Å². The number of carbonyl (C=O) groups excluding carboxylic acids is 1.